The summed E-state index contributed by atoms with van der Waals surface area (Å²) in [6.45, 7) is 0. The highest BCUT2D eigenvalue weighted by Crippen LogP contribution is 2.42. The van der Waals surface area contributed by atoms with E-state index >= 15 is 0 Å². The molecule has 0 amide bonds. The first-order valence-corrected chi connectivity index (χ1v) is 32.0. The van der Waals surface area contributed by atoms with Crippen molar-refractivity contribution < 1.29 is 0 Å². The van der Waals surface area contributed by atoms with Crippen LogP contribution in [0.3, 0.4) is 0 Å². The van der Waals surface area contributed by atoms with E-state index in [1.165, 1.54) is 42.3 Å². The average Bonchev–Trinajstić information content (AvgIpc) is 1.80. The van der Waals surface area contributed by atoms with Gasteiger partial charge < -0.3 is 13.7 Å². The van der Waals surface area contributed by atoms with E-state index < -0.39 is 8.07 Å². The topological polar surface area (TPSA) is 53.5 Å². The molecule has 0 aliphatic carbocycles. The predicted molar refractivity (Wildman–Crippen MR) is 368 cm³/mol. The zero-order valence-electron chi connectivity index (χ0n) is 47.9. The molecule has 4 heterocycles. The molecule has 0 bridgehead atoms. The van der Waals surface area contributed by atoms with Crippen LogP contribution in [0.15, 0.2) is 328 Å². The first kappa shape index (κ1) is 51.0. The summed E-state index contributed by atoms with van der Waals surface area (Å²) in [6.07, 6.45) is 0. The fourth-order valence-corrected chi connectivity index (χ4v) is 18.7. The Balaban J connectivity index is 0.987. The molecule has 13 aromatic carbocycles. The maximum Gasteiger partial charge on any atom is 0.179 e. The van der Waals surface area contributed by atoms with E-state index in [1.54, 1.807) is 0 Å². The number of rotatable bonds is 11. The second kappa shape index (κ2) is 20.9. The van der Waals surface area contributed by atoms with Gasteiger partial charge in [0.1, 0.15) is 0 Å². The van der Waals surface area contributed by atoms with Crippen LogP contribution in [0.2, 0.25) is 0 Å². The fourth-order valence-electron chi connectivity index (χ4n) is 13.9. The number of benzene rings is 13. The quantitative estimate of drug-likeness (QED) is 0.0958. The molecule has 0 atom stereocenters. The van der Waals surface area contributed by atoms with Crippen molar-refractivity contribution in [3.63, 3.8) is 0 Å². The molecule has 0 radical (unpaired) electrons. The van der Waals surface area contributed by atoms with Gasteiger partial charge in [-0.1, -0.05) is 267 Å². The van der Waals surface area contributed by atoms with E-state index in [-0.39, 0.29) is 0 Å². The Morgan fingerprint density at radius 2 is 0.557 bits per heavy atom. The first-order chi connectivity index (χ1) is 43.7. The Bertz CT molecular complexity index is 5070. The Morgan fingerprint density at radius 3 is 0.989 bits per heavy atom. The molecule has 17 aromatic rings. The van der Waals surface area contributed by atoms with Gasteiger partial charge >= 0.3 is 0 Å². The highest BCUT2D eigenvalue weighted by Gasteiger charge is 2.41. The fraction of sp³-hybridized carbons (Fsp3) is 0. The molecule has 0 saturated heterocycles. The van der Waals surface area contributed by atoms with E-state index in [4.69, 9.17) is 15.0 Å². The van der Waals surface area contributed by atoms with Gasteiger partial charge in [0.15, 0.2) is 25.5 Å². The summed E-state index contributed by atoms with van der Waals surface area (Å²) < 4.78 is 7.34. The lowest BCUT2D eigenvalue weighted by molar-refractivity contribution is 1.06. The molecule has 0 unspecified atom stereocenters. The van der Waals surface area contributed by atoms with Crippen LogP contribution in [-0.4, -0.2) is 36.7 Å². The molecule has 0 N–H and O–H groups in total. The number of nitrogens with zero attached hydrogens (tertiary/aromatic N) is 6. The SMILES string of the molecule is c1ccc(-c2nc(-c3ccccc3)nc(-c3ccc(-c4cccc([Si](c5ccccc5)(c5ccccc5)c5ccccc5)c4)cc3-n3c4cc(-n5c6ccccc6c6ccccc65)ccc4c4ccc(-n5c6ccccc6c6ccccc65)cc43)n2)cc1. The number of fused-ring (bicyclic) bond motifs is 9. The van der Waals surface area contributed by atoms with Crippen molar-refractivity contribution in [1.82, 2.24) is 28.7 Å². The molecule has 0 aliphatic heterocycles. The lowest BCUT2D eigenvalue weighted by atomic mass is 10.0. The summed E-state index contributed by atoms with van der Waals surface area (Å²) in [7, 11) is -2.93. The van der Waals surface area contributed by atoms with Gasteiger partial charge in [-0.2, -0.15) is 0 Å². The smallest absolute Gasteiger partial charge is 0.179 e. The minimum Gasteiger partial charge on any atom is -0.309 e. The van der Waals surface area contributed by atoms with E-state index in [2.05, 4.69) is 305 Å². The Morgan fingerprint density at radius 1 is 0.216 bits per heavy atom. The minimum atomic E-state index is -2.93. The molecule has 4 aromatic heterocycles. The van der Waals surface area contributed by atoms with Gasteiger partial charge in [0.2, 0.25) is 0 Å². The van der Waals surface area contributed by atoms with Crippen LogP contribution >= 0.6 is 0 Å². The summed E-state index contributed by atoms with van der Waals surface area (Å²) >= 11 is 0. The van der Waals surface area contributed by atoms with Crippen molar-refractivity contribution in [2.24, 2.45) is 0 Å². The van der Waals surface area contributed by atoms with Gasteiger partial charge in [0.25, 0.3) is 0 Å². The first-order valence-electron chi connectivity index (χ1n) is 30.0. The summed E-state index contributed by atoms with van der Waals surface area (Å²) in [5.41, 5.74) is 14.6. The average molecular weight is 1140 g/mol. The normalized spacial score (nSPS) is 11.9. The summed E-state index contributed by atoms with van der Waals surface area (Å²) in [5.74, 6) is 1.76. The number of hydrogen-bond acceptors (Lipinski definition) is 3. The zero-order chi connectivity index (χ0) is 58.1. The van der Waals surface area contributed by atoms with Crippen LogP contribution in [0.1, 0.15) is 0 Å². The molecular weight excluding hydrogens is 1090 g/mol. The molecule has 412 valence electrons. The second-order valence-corrected chi connectivity index (χ2v) is 26.5. The van der Waals surface area contributed by atoms with E-state index in [0.717, 1.165) is 88.8 Å². The molecule has 0 fully saturated rings. The monoisotopic (exact) mass is 1140 g/mol. The highest BCUT2D eigenvalue weighted by atomic mass is 28.3. The van der Waals surface area contributed by atoms with Crippen molar-refractivity contribution in [3.05, 3.63) is 328 Å². The third kappa shape index (κ3) is 8.20. The summed E-state index contributed by atoms with van der Waals surface area (Å²) in [4.78, 5) is 16.2. The van der Waals surface area contributed by atoms with Crippen LogP contribution < -0.4 is 20.7 Å². The third-order valence-electron chi connectivity index (χ3n) is 17.8. The predicted octanol–water partition coefficient (Wildman–Crippen LogP) is 17.2. The van der Waals surface area contributed by atoms with E-state index in [9.17, 15) is 0 Å². The van der Waals surface area contributed by atoms with E-state index in [1.807, 2.05) is 36.4 Å². The van der Waals surface area contributed by atoms with Crippen LogP contribution in [0.5, 0.6) is 0 Å². The van der Waals surface area contributed by atoms with Crippen molar-refractivity contribution in [2.75, 3.05) is 0 Å². The number of hydrogen-bond donors (Lipinski definition) is 0. The van der Waals surface area contributed by atoms with E-state index in [0.29, 0.717) is 17.5 Å². The largest absolute Gasteiger partial charge is 0.309 e. The van der Waals surface area contributed by atoms with Gasteiger partial charge in [-0.15, -0.1) is 0 Å². The van der Waals surface area contributed by atoms with Crippen LogP contribution in [0, 0.1) is 0 Å². The van der Waals surface area contributed by atoms with Crippen LogP contribution in [0.4, 0.5) is 0 Å². The van der Waals surface area contributed by atoms with Crippen molar-refractivity contribution in [3.8, 4) is 62.4 Å². The maximum absolute atomic E-state index is 5.49. The van der Waals surface area contributed by atoms with Gasteiger partial charge in [0, 0.05) is 60.4 Å². The van der Waals surface area contributed by atoms with Crippen LogP contribution in [-0.2, 0) is 0 Å². The zero-order valence-corrected chi connectivity index (χ0v) is 48.9. The Kier molecular flexibility index (Phi) is 12.1. The van der Waals surface area contributed by atoms with Gasteiger partial charge in [-0.25, -0.2) is 15.0 Å². The van der Waals surface area contributed by atoms with Crippen molar-refractivity contribution >= 4 is 94.2 Å². The molecule has 0 saturated carbocycles. The van der Waals surface area contributed by atoms with Gasteiger partial charge in [-0.3, -0.25) is 0 Å². The molecule has 0 spiro atoms. The van der Waals surface area contributed by atoms with Crippen LogP contribution in [0.25, 0.3) is 128 Å². The minimum absolute atomic E-state index is 0.568. The molecule has 17 rings (SSSR count). The molecular formula is C81H54N6Si. The Labute approximate surface area is 509 Å². The lowest BCUT2D eigenvalue weighted by Crippen LogP contribution is -2.74. The summed E-state index contributed by atoms with van der Waals surface area (Å²) in [6, 6.07) is 119. The van der Waals surface area contributed by atoms with Gasteiger partial charge in [-0.05, 0) is 92.5 Å². The standard InChI is InChI=1S/C81H54N6Si/c1-6-25-55(26-7-1)79-82-80(56-27-8-2-9-28-56)84-81(83-79)71-48-45-58(57-29-24-36-64(51-57)88(61-30-10-3-11-31-61,62-32-12-4-13-33-62)63-34-14-5-15-35-63)52-76(71)87-77-53-59(85-72-41-20-16-37-65(72)66-38-17-21-42-73(66)85)46-49-69(77)70-50-47-60(54-78(70)87)86-74-43-22-18-39-67(74)68-40-19-23-44-75(68)86/h1-54H. The number of para-hydroxylation sites is 4. The molecule has 0 aliphatic rings. The van der Waals surface area contributed by atoms with Crippen molar-refractivity contribution in [1.29, 1.82) is 0 Å². The maximum atomic E-state index is 5.49. The molecule has 7 heteroatoms. The summed E-state index contributed by atoms with van der Waals surface area (Å²) in [5, 5.41) is 12.4. The molecule has 88 heavy (non-hydrogen) atoms. The number of aromatic nitrogens is 6. The molecule has 6 nitrogen and oxygen atoms in total. The third-order valence-corrected chi connectivity index (χ3v) is 22.6. The van der Waals surface area contributed by atoms with Crippen molar-refractivity contribution in [2.45, 2.75) is 0 Å². The lowest BCUT2D eigenvalue weighted by Gasteiger charge is -2.34. The van der Waals surface area contributed by atoms with Gasteiger partial charge in [0.05, 0.1) is 38.8 Å². The second-order valence-electron chi connectivity index (χ2n) is 22.7. The Hall–Kier alpha value is -11.5. The highest BCUT2D eigenvalue weighted by molar-refractivity contribution is 7.19.